The Bertz CT molecular complexity index is 575. The van der Waals surface area contributed by atoms with Gasteiger partial charge in [-0.3, -0.25) is 0 Å². The van der Waals surface area contributed by atoms with Gasteiger partial charge in [0.05, 0.1) is 13.2 Å². The molecule has 2 aliphatic rings. The Labute approximate surface area is 142 Å². The number of rotatable bonds is 4. The van der Waals surface area contributed by atoms with Crippen LogP contribution >= 0.6 is 0 Å². The van der Waals surface area contributed by atoms with Gasteiger partial charge in [-0.15, -0.1) is 0 Å². The van der Waals surface area contributed by atoms with Crippen LogP contribution in [0.4, 0.5) is 9.18 Å². The summed E-state index contributed by atoms with van der Waals surface area (Å²) in [5.74, 6) is -0.620. The molecule has 5 nitrogen and oxygen atoms in total. The van der Waals surface area contributed by atoms with Crippen LogP contribution < -0.4 is 5.32 Å². The fraction of sp³-hybridized carbons (Fsp3) is 0.611. The predicted molar refractivity (Wildman–Crippen MR) is 88.1 cm³/mol. The largest absolute Gasteiger partial charge is 0.347 e. The Morgan fingerprint density at radius 2 is 2.21 bits per heavy atom. The number of amides is 2. The van der Waals surface area contributed by atoms with Crippen LogP contribution in [-0.4, -0.2) is 49.6 Å². The normalized spacial score (nSPS) is 23.2. The molecule has 1 N–H and O–H groups in total. The van der Waals surface area contributed by atoms with Crippen LogP contribution in [0.3, 0.4) is 0 Å². The maximum Gasteiger partial charge on any atom is 0.317 e. The summed E-state index contributed by atoms with van der Waals surface area (Å²) in [6, 6.07) is 6.39. The van der Waals surface area contributed by atoms with Crippen molar-refractivity contribution < 1.29 is 18.7 Å². The lowest BCUT2D eigenvalue weighted by Crippen LogP contribution is -2.51. The molecule has 2 fully saturated rings. The van der Waals surface area contributed by atoms with Gasteiger partial charge in [0.2, 0.25) is 0 Å². The summed E-state index contributed by atoms with van der Waals surface area (Å²) in [4.78, 5) is 14.2. The molecule has 1 aromatic rings. The number of halogens is 1. The Kier molecular flexibility index (Phi) is 5.36. The standard InChI is InChI=1S/C18H25FN2O3/c1-18(23-10-11-24-18)15-5-3-9-21(13-15)17(22)20-8-7-14-4-2-6-16(19)12-14/h2,4,6,12,15H,3,5,7-11,13H2,1H3,(H,20,22)/t15-/m0/s1. The zero-order chi connectivity index (χ0) is 17.0. The van der Waals surface area contributed by atoms with Gasteiger partial charge >= 0.3 is 6.03 Å². The summed E-state index contributed by atoms with van der Waals surface area (Å²) in [7, 11) is 0. The smallest absolute Gasteiger partial charge is 0.317 e. The second-order valence-corrected chi connectivity index (χ2v) is 6.61. The Hall–Kier alpha value is -1.66. The maximum absolute atomic E-state index is 13.2. The molecule has 132 valence electrons. The zero-order valence-electron chi connectivity index (χ0n) is 14.1. The van der Waals surface area contributed by atoms with E-state index >= 15 is 0 Å². The molecule has 2 amide bonds. The molecule has 0 aliphatic carbocycles. The quantitative estimate of drug-likeness (QED) is 0.919. The van der Waals surface area contributed by atoms with Gasteiger partial charge in [-0.2, -0.15) is 0 Å². The summed E-state index contributed by atoms with van der Waals surface area (Å²) in [6.07, 6.45) is 2.57. The fourth-order valence-electron chi connectivity index (χ4n) is 3.47. The highest BCUT2D eigenvalue weighted by Crippen LogP contribution is 2.34. The number of ether oxygens (including phenoxy) is 2. The minimum Gasteiger partial charge on any atom is -0.347 e. The van der Waals surface area contributed by atoms with E-state index in [0.29, 0.717) is 32.7 Å². The van der Waals surface area contributed by atoms with E-state index in [1.54, 1.807) is 6.07 Å². The van der Waals surface area contributed by atoms with Gasteiger partial charge in [0, 0.05) is 25.6 Å². The number of hydrogen-bond acceptors (Lipinski definition) is 3. The van der Waals surface area contributed by atoms with Crippen molar-refractivity contribution in [3.05, 3.63) is 35.6 Å². The van der Waals surface area contributed by atoms with Crippen molar-refractivity contribution in [1.29, 1.82) is 0 Å². The minimum absolute atomic E-state index is 0.0716. The van der Waals surface area contributed by atoms with Gasteiger partial charge < -0.3 is 19.7 Å². The van der Waals surface area contributed by atoms with E-state index in [1.807, 2.05) is 17.9 Å². The van der Waals surface area contributed by atoms with Crippen LogP contribution in [0.1, 0.15) is 25.3 Å². The number of carbonyl (C=O) groups is 1. The third-order valence-electron chi connectivity index (χ3n) is 4.89. The first-order chi connectivity index (χ1) is 11.6. The van der Waals surface area contributed by atoms with Crippen molar-refractivity contribution in [1.82, 2.24) is 10.2 Å². The third kappa shape index (κ3) is 4.05. The van der Waals surface area contributed by atoms with Crippen molar-refractivity contribution in [3.63, 3.8) is 0 Å². The molecule has 1 atom stereocenters. The summed E-state index contributed by atoms with van der Waals surface area (Å²) >= 11 is 0. The number of urea groups is 1. The van der Waals surface area contributed by atoms with Crippen molar-refractivity contribution in [2.45, 2.75) is 32.0 Å². The molecule has 2 saturated heterocycles. The van der Waals surface area contributed by atoms with Crippen LogP contribution in [-0.2, 0) is 15.9 Å². The van der Waals surface area contributed by atoms with Crippen LogP contribution in [0, 0.1) is 11.7 Å². The number of likely N-dealkylation sites (tertiary alicyclic amines) is 1. The van der Waals surface area contributed by atoms with Gasteiger partial charge in [0.25, 0.3) is 0 Å². The number of benzene rings is 1. The Balaban J connectivity index is 1.47. The molecule has 0 spiro atoms. The van der Waals surface area contributed by atoms with E-state index < -0.39 is 5.79 Å². The summed E-state index contributed by atoms with van der Waals surface area (Å²) in [5, 5.41) is 2.93. The maximum atomic E-state index is 13.2. The Morgan fingerprint density at radius 3 is 2.96 bits per heavy atom. The van der Waals surface area contributed by atoms with Crippen molar-refractivity contribution in [2.75, 3.05) is 32.8 Å². The van der Waals surface area contributed by atoms with Crippen LogP contribution in [0.5, 0.6) is 0 Å². The second kappa shape index (κ2) is 7.49. The molecule has 6 heteroatoms. The number of nitrogens with zero attached hydrogens (tertiary/aromatic N) is 1. The van der Waals surface area contributed by atoms with E-state index in [0.717, 1.165) is 24.9 Å². The van der Waals surface area contributed by atoms with Gasteiger partial charge in [-0.05, 0) is 43.9 Å². The number of nitrogens with one attached hydrogen (secondary N) is 1. The summed E-state index contributed by atoms with van der Waals surface area (Å²) in [5.41, 5.74) is 0.882. The molecule has 0 bridgehead atoms. The minimum atomic E-state index is -0.569. The molecule has 2 aliphatic heterocycles. The van der Waals surface area contributed by atoms with E-state index in [-0.39, 0.29) is 17.8 Å². The molecule has 3 rings (SSSR count). The van der Waals surface area contributed by atoms with Gasteiger partial charge in [-0.1, -0.05) is 12.1 Å². The fourth-order valence-corrected chi connectivity index (χ4v) is 3.47. The molecule has 1 aromatic carbocycles. The molecule has 0 unspecified atom stereocenters. The lowest BCUT2D eigenvalue weighted by Gasteiger charge is -2.39. The lowest BCUT2D eigenvalue weighted by atomic mass is 9.90. The van der Waals surface area contributed by atoms with E-state index in [2.05, 4.69) is 5.32 Å². The van der Waals surface area contributed by atoms with Crippen molar-refractivity contribution in [3.8, 4) is 0 Å². The van der Waals surface area contributed by atoms with Crippen molar-refractivity contribution in [2.24, 2.45) is 5.92 Å². The highest BCUT2D eigenvalue weighted by molar-refractivity contribution is 5.74. The van der Waals surface area contributed by atoms with Crippen LogP contribution in [0.15, 0.2) is 24.3 Å². The summed E-state index contributed by atoms with van der Waals surface area (Å²) in [6.45, 7) is 5.09. The first kappa shape index (κ1) is 17.2. The molecule has 0 saturated carbocycles. The van der Waals surface area contributed by atoms with Gasteiger partial charge in [0.15, 0.2) is 5.79 Å². The summed E-state index contributed by atoms with van der Waals surface area (Å²) < 4.78 is 24.6. The topological polar surface area (TPSA) is 50.8 Å². The average Bonchev–Trinajstić information content (AvgIpc) is 3.03. The SMILES string of the molecule is CC1([C@H]2CCCN(C(=O)NCCc3cccc(F)c3)C2)OCCO1. The van der Waals surface area contributed by atoms with Crippen molar-refractivity contribution >= 4 is 6.03 Å². The molecule has 0 radical (unpaired) electrons. The second-order valence-electron chi connectivity index (χ2n) is 6.61. The highest BCUT2D eigenvalue weighted by atomic mass is 19.1. The number of piperidine rings is 1. The van der Waals surface area contributed by atoms with Crippen LogP contribution in [0.25, 0.3) is 0 Å². The first-order valence-corrected chi connectivity index (χ1v) is 8.62. The van der Waals surface area contributed by atoms with Gasteiger partial charge in [0.1, 0.15) is 5.82 Å². The van der Waals surface area contributed by atoms with Gasteiger partial charge in [-0.25, -0.2) is 9.18 Å². The Morgan fingerprint density at radius 1 is 1.42 bits per heavy atom. The van der Waals surface area contributed by atoms with Crippen LogP contribution in [0.2, 0.25) is 0 Å². The highest BCUT2D eigenvalue weighted by Gasteiger charge is 2.42. The molecule has 0 aromatic heterocycles. The predicted octanol–water partition coefficient (Wildman–Crippen LogP) is 2.55. The average molecular weight is 336 g/mol. The monoisotopic (exact) mass is 336 g/mol. The number of hydrogen-bond donors (Lipinski definition) is 1. The number of carbonyl (C=O) groups excluding carboxylic acids is 1. The zero-order valence-corrected chi connectivity index (χ0v) is 14.1. The third-order valence-corrected chi connectivity index (χ3v) is 4.89. The molecular weight excluding hydrogens is 311 g/mol. The lowest BCUT2D eigenvalue weighted by molar-refractivity contribution is -0.189. The van der Waals surface area contributed by atoms with E-state index in [9.17, 15) is 9.18 Å². The molecule has 24 heavy (non-hydrogen) atoms. The van der Waals surface area contributed by atoms with E-state index in [4.69, 9.17) is 9.47 Å². The van der Waals surface area contributed by atoms with E-state index in [1.165, 1.54) is 12.1 Å². The molecule has 2 heterocycles. The first-order valence-electron chi connectivity index (χ1n) is 8.62. The molecular formula is C18H25FN2O3.